The predicted molar refractivity (Wildman–Crippen MR) is 94.4 cm³/mol. The van der Waals surface area contributed by atoms with E-state index in [1.807, 2.05) is 0 Å². The van der Waals surface area contributed by atoms with E-state index in [2.05, 4.69) is 30.4 Å². The molecule has 2 aromatic heterocycles. The zero-order valence-electron chi connectivity index (χ0n) is 14.0. The minimum absolute atomic E-state index is 0.0620. The van der Waals surface area contributed by atoms with Crippen molar-refractivity contribution in [3.8, 4) is 17.1 Å². The van der Waals surface area contributed by atoms with Crippen LogP contribution in [0.4, 0.5) is 5.69 Å². The Labute approximate surface area is 153 Å². The normalized spacial score (nSPS) is 11.4. The van der Waals surface area contributed by atoms with Crippen LogP contribution in [0, 0.1) is 6.92 Å². The SMILES string of the molecule is Cc1nnc(-c2ccccc2NS(=O)(=O)c2cccc(-n3cnnn3)c2)o1. The van der Waals surface area contributed by atoms with Crippen LogP contribution in [-0.2, 0) is 10.0 Å². The van der Waals surface area contributed by atoms with Crippen molar-refractivity contribution in [2.75, 3.05) is 4.72 Å². The van der Waals surface area contributed by atoms with E-state index in [4.69, 9.17) is 4.42 Å². The summed E-state index contributed by atoms with van der Waals surface area (Å²) in [6.07, 6.45) is 1.38. The van der Waals surface area contributed by atoms with Gasteiger partial charge >= 0.3 is 0 Å². The first-order valence-electron chi connectivity index (χ1n) is 7.79. The first kappa shape index (κ1) is 16.8. The summed E-state index contributed by atoms with van der Waals surface area (Å²) in [5.74, 6) is 0.616. The third kappa shape index (κ3) is 3.40. The van der Waals surface area contributed by atoms with Gasteiger partial charge in [0, 0.05) is 6.92 Å². The third-order valence-corrected chi connectivity index (χ3v) is 5.03. The second kappa shape index (κ2) is 6.61. The standard InChI is InChI=1S/C16H13N7O3S/c1-11-18-19-16(26-11)14-7-2-3-8-15(14)20-27(24,25)13-6-4-5-12(9-13)23-10-17-21-22-23/h2-10,20H,1H3. The number of sulfonamides is 1. The summed E-state index contributed by atoms with van der Waals surface area (Å²) < 4.78 is 35.1. The first-order chi connectivity index (χ1) is 13.0. The maximum Gasteiger partial charge on any atom is 0.261 e. The summed E-state index contributed by atoms with van der Waals surface area (Å²) >= 11 is 0. The number of nitrogens with zero attached hydrogens (tertiary/aromatic N) is 6. The molecule has 0 radical (unpaired) electrons. The number of aromatic nitrogens is 6. The minimum Gasteiger partial charge on any atom is -0.421 e. The van der Waals surface area contributed by atoms with Gasteiger partial charge in [0.15, 0.2) is 0 Å². The number of nitrogens with one attached hydrogen (secondary N) is 1. The van der Waals surface area contributed by atoms with Gasteiger partial charge in [-0.2, -0.15) is 0 Å². The van der Waals surface area contributed by atoms with E-state index in [0.29, 0.717) is 22.8 Å². The maximum absolute atomic E-state index is 12.9. The fraction of sp³-hybridized carbons (Fsp3) is 0.0625. The molecule has 0 aliphatic carbocycles. The van der Waals surface area contributed by atoms with Crippen molar-refractivity contribution in [2.45, 2.75) is 11.8 Å². The number of benzene rings is 2. The van der Waals surface area contributed by atoms with E-state index < -0.39 is 10.0 Å². The zero-order valence-corrected chi connectivity index (χ0v) is 14.8. The molecule has 10 nitrogen and oxygen atoms in total. The van der Waals surface area contributed by atoms with Gasteiger partial charge < -0.3 is 4.42 Å². The lowest BCUT2D eigenvalue weighted by Gasteiger charge is -2.11. The van der Waals surface area contributed by atoms with Gasteiger partial charge in [0.25, 0.3) is 10.0 Å². The molecule has 0 aliphatic rings. The number of aryl methyl sites for hydroxylation is 1. The van der Waals surface area contributed by atoms with E-state index in [0.717, 1.165) is 0 Å². The predicted octanol–water partition coefficient (Wildman–Crippen LogP) is 1.82. The molecule has 0 aliphatic heterocycles. The Hall–Kier alpha value is -3.60. The zero-order chi connectivity index (χ0) is 18.9. The smallest absolute Gasteiger partial charge is 0.261 e. The van der Waals surface area contributed by atoms with E-state index in [1.54, 1.807) is 43.3 Å². The average molecular weight is 383 g/mol. The van der Waals surface area contributed by atoms with Crippen LogP contribution in [0.5, 0.6) is 0 Å². The van der Waals surface area contributed by atoms with Gasteiger partial charge in [0.1, 0.15) is 6.33 Å². The van der Waals surface area contributed by atoms with Crippen molar-refractivity contribution < 1.29 is 12.8 Å². The number of hydrogen-bond donors (Lipinski definition) is 1. The Morgan fingerprint density at radius 2 is 1.93 bits per heavy atom. The highest BCUT2D eigenvalue weighted by Gasteiger charge is 2.19. The van der Waals surface area contributed by atoms with Gasteiger partial charge in [-0.1, -0.05) is 18.2 Å². The van der Waals surface area contributed by atoms with Gasteiger partial charge in [-0.05, 0) is 40.8 Å². The Balaban J connectivity index is 1.70. The molecule has 0 spiro atoms. The highest BCUT2D eigenvalue weighted by atomic mass is 32.2. The van der Waals surface area contributed by atoms with Crippen molar-refractivity contribution in [2.24, 2.45) is 0 Å². The topological polar surface area (TPSA) is 129 Å². The van der Waals surface area contributed by atoms with Crippen LogP contribution in [0.25, 0.3) is 17.1 Å². The lowest BCUT2D eigenvalue weighted by Crippen LogP contribution is -2.14. The van der Waals surface area contributed by atoms with Crippen LogP contribution in [0.3, 0.4) is 0 Å². The molecule has 2 aromatic carbocycles. The molecule has 136 valence electrons. The van der Waals surface area contributed by atoms with Gasteiger partial charge in [0.05, 0.1) is 21.8 Å². The number of tetrazole rings is 1. The van der Waals surface area contributed by atoms with Crippen LogP contribution >= 0.6 is 0 Å². The summed E-state index contributed by atoms with van der Waals surface area (Å²) in [5, 5.41) is 18.6. The Kier molecular flexibility index (Phi) is 4.12. The van der Waals surface area contributed by atoms with Crippen molar-refractivity contribution in [1.29, 1.82) is 0 Å². The fourth-order valence-corrected chi connectivity index (χ4v) is 3.56. The van der Waals surface area contributed by atoms with Crippen molar-refractivity contribution in [3.63, 3.8) is 0 Å². The molecule has 4 aromatic rings. The van der Waals surface area contributed by atoms with Crippen molar-refractivity contribution in [1.82, 2.24) is 30.4 Å². The van der Waals surface area contributed by atoms with Gasteiger partial charge in [-0.15, -0.1) is 15.3 Å². The summed E-state index contributed by atoms with van der Waals surface area (Å²) in [6.45, 7) is 1.66. The molecule has 1 N–H and O–H groups in total. The molecule has 4 rings (SSSR count). The van der Waals surface area contributed by atoms with E-state index in [-0.39, 0.29) is 10.8 Å². The Morgan fingerprint density at radius 1 is 1.07 bits per heavy atom. The number of rotatable bonds is 5. The Morgan fingerprint density at radius 3 is 2.67 bits per heavy atom. The third-order valence-electron chi connectivity index (χ3n) is 3.67. The summed E-state index contributed by atoms with van der Waals surface area (Å²) in [6, 6.07) is 13.0. The van der Waals surface area contributed by atoms with Crippen LogP contribution < -0.4 is 4.72 Å². The van der Waals surface area contributed by atoms with Crippen LogP contribution in [0.2, 0.25) is 0 Å². The first-order valence-corrected chi connectivity index (χ1v) is 9.27. The molecule has 0 fully saturated rings. The molecule has 0 bridgehead atoms. The largest absolute Gasteiger partial charge is 0.421 e. The van der Waals surface area contributed by atoms with Gasteiger partial charge in [-0.25, -0.2) is 13.1 Å². The van der Waals surface area contributed by atoms with Crippen LogP contribution in [-0.4, -0.2) is 38.8 Å². The van der Waals surface area contributed by atoms with Gasteiger partial charge in [-0.3, -0.25) is 4.72 Å². The minimum atomic E-state index is -3.87. The summed E-state index contributed by atoms with van der Waals surface area (Å²) in [7, 11) is -3.87. The van der Waals surface area contributed by atoms with Crippen LogP contribution in [0.15, 0.2) is 64.2 Å². The van der Waals surface area contributed by atoms with E-state index in [9.17, 15) is 8.42 Å². The molecule has 0 amide bonds. The molecule has 0 unspecified atom stereocenters. The number of para-hydroxylation sites is 1. The molecule has 2 heterocycles. The summed E-state index contributed by atoms with van der Waals surface area (Å²) in [4.78, 5) is 0.0620. The average Bonchev–Trinajstić information content (AvgIpc) is 3.34. The highest BCUT2D eigenvalue weighted by molar-refractivity contribution is 7.92. The number of anilines is 1. The van der Waals surface area contributed by atoms with E-state index in [1.165, 1.54) is 23.1 Å². The molecular formula is C16H13N7O3S. The Bertz CT molecular complexity index is 1190. The second-order valence-electron chi connectivity index (χ2n) is 5.53. The molecule has 0 saturated heterocycles. The quantitative estimate of drug-likeness (QED) is 0.552. The highest BCUT2D eigenvalue weighted by Crippen LogP contribution is 2.29. The second-order valence-corrected chi connectivity index (χ2v) is 7.21. The van der Waals surface area contributed by atoms with Crippen molar-refractivity contribution in [3.05, 3.63) is 60.7 Å². The van der Waals surface area contributed by atoms with Gasteiger partial charge in [0.2, 0.25) is 11.8 Å². The molecule has 11 heteroatoms. The molecule has 27 heavy (non-hydrogen) atoms. The summed E-state index contributed by atoms with van der Waals surface area (Å²) in [5.41, 5.74) is 1.33. The molecular weight excluding hydrogens is 370 g/mol. The monoisotopic (exact) mass is 383 g/mol. The maximum atomic E-state index is 12.9. The van der Waals surface area contributed by atoms with Crippen molar-refractivity contribution >= 4 is 15.7 Å². The fourth-order valence-electron chi connectivity index (χ4n) is 2.44. The van der Waals surface area contributed by atoms with Crippen LogP contribution in [0.1, 0.15) is 5.89 Å². The van der Waals surface area contributed by atoms with E-state index >= 15 is 0 Å². The lowest BCUT2D eigenvalue weighted by atomic mass is 10.2. The molecule has 0 atom stereocenters. The lowest BCUT2D eigenvalue weighted by molar-refractivity contribution is 0.533. The molecule has 0 saturated carbocycles. The number of hydrogen-bond acceptors (Lipinski definition) is 8.